The zero-order valence-corrected chi connectivity index (χ0v) is 18.3. The fourth-order valence-corrected chi connectivity index (χ4v) is 3.72. The van der Waals surface area contributed by atoms with E-state index in [4.69, 9.17) is 0 Å². The molecule has 3 nitrogen and oxygen atoms in total. The van der Waals surface area contributed by atoms with Crippen molar-refractivity contribution in [1.29, 1.82) is 0 Å². The summed E-state index contributed by atoms with van der Waals surface area (Å²) in [6, 6.07) is 9.14. The number of hydrogen-bond acceptors (Lipinski definition) is 2. The normalized spacial score (nSPS) is 11.4. The number of rotatable bonds is 3. The summed E-state index contributed by atoms with van der Waals surface area (Å²) in [7, 11) is 2.00. The van der Waals surface area contributed by atoms with Crippen molar-refractivity contribution in [3.63, 3.8) is 0 Å². The number of benzene rings is 2. The zero-order valence-electron chi connectivity index (χ0n) is 18.3. The Labute approximate surface area is 168 Å². The van der Waals surface area contributed by atoms with Crippen LogP contribution in [0.15, 0.2) is 36.4 Å². The third-order valence-corrected chi connectivity index (χ3v) is 5.69. The molecule has 1 N–H and O–H groups in total. The minimum Gasteiger partial charge on any atom is -0.507 e. The molecule has 0 bridgehead atoms. The highest BCUT2D eigenvalue weighted by molar-refractivity contribution is 6.17. The predicted molar refractivity (Wildman–Crippen MR) is 119 cm³/mol. The minimum absolute atomic E-state index is 0.00906. The van der Waals surface area contributed by atoms with Crippen LogP contribution in [0, 0.1) is 34.6 Å². The highest BCUT2D eigenvalue weighted by atomic mass is 16.3. The van der Waals surface area contributed by atoms with Crippen LogP contribution in [0.1, 0.15) is 57.7 Å². The second-order valence-corrected chi connectivity index (χ2v) is 7.00. The smallest absolute Gasteiger partial charge is 0.191 e. The van der Waals surface area contributed by atoms with Crippen molar-refractivity contribution in [3.05, 3.63) is 75.5 Å². The maximum atomic E-state index is 13.1. The van der Waals surface area contributed by atoms with E-state index < -0.39 is 0 Å². The number of fused-ring (bicyclic) bond motifs is 1. The van der Waals surface area contributed by atoms with Crippen LogP contribution < -0.4 is 0 Å². The van der Waals surface area contributed by atoms with Crippen LogP contribution in [0.4, 0.5) is 0 Å². The van der Waals surface area contributed by atoms with Gasteiger partial charge in [0.15, 0.2) is 5.78 Å². The summed E-state index contributed by atoms with van der Waals surface area (Å²) in [5.74, 6) is -0.176. The number of hydrogen-bond donors (Lipinski definition) is 1. The molecule has 0 aliphatic rings. The molecule has 1 aromatic heterocycles. The van der Waals surface area contributed by atoms with Gasteiger partial charge in [-0.15, -0.1) is 0 Å². The van der Waals surface area contributed by atoms with Gasteiger partial charge in [-0.1, -0.05) is 44.2 Å². The van der Waals surface area contributed by atoms with Crippen molar-refractivity contribution in [2.24, 2.45) is 7.05 Å². The van der Waals surface area contributed by atoms with Gasteiger partial charge in [-0.25, -0.2) is 0 Å². The topological polar surface area (TPSA) is 42.2 Å². The van der Waals surface area contributed by atoms with E-state index in [1.807, 2.05) is 46.0 Å². The molecule has 0 unspecified atom stereocenters. The first-order valence-corrected chi connectivity index (χ1v) is 9.81. The summed E-state index contributed by atoms with van der Waals surface area (Å²) >= 11 is 0. The van der Waals surface area contributed by atoms with Gasteiger partial charge in [0.05, 0.1) is 11.1 Å². The SMILES string of the molecule is CC.Cc1c(C)c(C)c2c(c1C)c(C(=O)/C=C(\O)c1ccccc1)c(C)n2C. The molecule has 0 radical (unpaired) electrons. The van der Waals surface area contributed by atoms with Gasteiger partial charge in [0.2, 0.25) is 0 Å². The number of nitrogens with zero attached hydrogens (tertiary/aromatic N) is 1. The monoisotopic (exact) mass is 377 g/mol. The molecule has 0 aliphatic carbocycles. The van der Waals surface area contributed by atoms with Gasteiger partial charge in [-0.05, 0) is 56.9 Å². The van der Waals surface area contributed by atoms with Crippen molar-refractivity contribution in [1.82, 2.24) is 4.57 Å². The fourth-order valence-electron chi connectivity index (χ4n) is 3.72. The van der Waals surface area contributed by atoms with Crippen molar-refractivity contribution in [2.45, 2.75) is 48.5 Å². The number of carbonyl (C=O) groups is 1. The largest absolute Gasteiger partial charge is 0.507 e. The lowest BCUT2D eigenvalue weighted by Crippen LogP contribution is -2.01. The molecule has 148 valence electrons. The van der Waals surface area contributed by atoms with Gasteiger partial charge in [-0.3, -0.25) is 4.79 Å². The summed E-state index contributed by atoms with van der Waals surface area (Å²) in [5.41, 5.74) is 8.12. The zero-order chi connectivity index (χ0) is 21.2. The highest BCUT2D eigenvalue weighted by Crippen LogP contribution is 2.35. The number of aryl methyl sites for hydroxylation is 3. The first kappa shape index (κ1) is 21.5. The summed E-state index contributed by atoms with van der Waals surface area (Å²) in [6.07, 6.45) is 1.33. The van der Waals surface area contributed by atoms with Crippen molar-refractivity contribution in [2.75, 3.05) is 0 Å². The van der Waals surface area contributed by atoms with Crippen LogP contribution >= 0.6 is 0 Å². The van der Waals surface area contributed by atoms with Gasteiger partial charge in [0.1, 0.15) is 5.76 Å². The molecular weight excluding hydrogens is 346 g/mol. The fraction of sp³-hybridized carbons (Fsp3) is 0.320. The van der Waals surface area contributed by atoms with E-state index in [0.29, 0.717) is 11.1 Å². The van der Waals surface area contributed by atoms with Crippen molar-refractivity contribution in [3.8, 4) is 0 Å². The molecule has 3 heteroatoms. The maximum Gasteiger partial charge on any atom is 0.191 e. The van der Waals surface area contributed by atoms with Crippen LogP contribution in [0.5, 0.6) is 0 Å². The Hall–Kier alpha value is -2.81. The third kappa shape index (κ3) is 3.49. The Balaban J connectivity index is 0.00000136. The van der Waals surface area contributed by atoms with Crippen molar-refractivity contribution < 1.29 is 9.90 Å². The summed E-state index contributed by atoms with van der Waals surface area (Å²) < 4.78 is 2.09. The van der Waals surface area contributed by atoms with Crippen LogP contribution in [0.2, 0.25) is 0 Å². The molecular formula is C25H31NO2. The van der Waals surface area contributed by atoms with Gasteiger partial charge >= 0.3 is 0 Å². The molecule has 0 atom stereocenters. The Kier molecular flexibility index (Phi) is 6.50. The van der Waals surface area contributed by atoms with E-state index in [-0.39, 0.29) is 11.5 Å². The second kappa shape index (κ2) is 8.47. The summed E-state index contributed by atoms with van der Waals surface area (Å²) in [4.78, 5) is 13.1. The maximum absolute atomic E-state index is 13.1. The number of ketones is 1. The molecule has 28 heavy (non-hydrogen) atoms. The lowest BCUT2D eigenvalue weighted by molar-refractivity contribution is 0.104. The molecule has 0 amide bonds. The van der Waals surface area contributed by atoms with Crippen LogP contribution in [0.3, 0.4) is 0 Å². The Morgan fingerprint density at radius 2 is 1.43 bits per heavy atom. The lowest BCUT2D eigenvalue weighted by atomic mass is 9.92. The van der Waals surface area contributed by atoms with Crippen molar-refractivity contribution >= 4 is 22.4 Å². The minimum atomic E-state index is -0.166. The number of aliphatic hydroxyl groups excluding tert-OH is 1. The molecule has 1 heterocycles. The predicted octanol–water partition coefficient (Wildman–Crippen LogP) is 6.53. The molecule has 2 aromatic carbocycles. The highest BCUT2D eigenvalue weighted by Gasteiger charge is 2.23. The average Bonchev–Trinajstić information content (AvgIpc) is 2.98. The number of carbonyl (C=O) groups excluding carboxylic acids is 1. The third-order valence-electron chi connectivity index (χ3n) is 5.69. The summed E-state index contributed by atoms with van der Waals surface area (Å²) in [5, 5.41) is 11.4. The molecule has 0 saturated carbocycles. The first-order valence-electron chi connectivity index (χ1n) is 9.81. The number of allylic oxidation sites excluding steroid dienone is 1. The van der Waals surface area contributed by atoms with Gasteiger partial charge in [0.25, 0.3) is 0 Å². The van der Waals surface area contributed by atoms with Gasteiger partial charge in [0, 0.05) is 29.8 Å². The second-order valence-electron chi connectivity index (χ2n) is 7.00. The van der Waals surface area contributed by atoms with Crippen LogP contribution in [-0.4, -0.2) is 15.5 Å². The van der Waals surface area contributed by atoms with E-state index in [1.165, 1.54) is 22.8 Å². The molecule has 0 spiro atoms. The average molecular weight is 378 g/mol. The first-order chi connectivity index (χ1) is 13.3. The molecule has 0 aliphatic heterocycles. The standard InChI is InChI=1S/C23H25NO2.C2H6/c1-13-14(2)16(4)23-21(15(13)3)22(17(5)24(23)6)20(26)12-19(25)18-10-8-7-9-11-18;1-2/h7-12,25H,1-6H3;1-2H3/b19-12-;. The Morgan fingerprint density at radius 1 is 0.893 bits per heavy atom. The Bertz CT molecular complexity index is 1050. The Morgan fingerprint density at radius 3 is 2.00 bits per heavy atom. The summed E-state index contributed by atoms with van der Waals surface area (Å²) in [6.45, 7) is 14.4. The van der Waals surface area contributed by atoms with Gasteiger partial charge < -0.3 is 9.67 Å². The molecule has 3 aromatic rings. The molecule has 3 rings (SSSR count). The number of aliphatic hydroxyl groups is 1. The van der Waals surface area contributed by atoms with Crippen LogP contribution in [0.25, 0.3) is 16.7 Å². The van der Waals surface area contributed by atoms with Crippen LogP contribution in [-0.2, 0) is 7.05 Å². The van der Waals surface area contributed by atoms with E-state index in [9.17, 15) is 9.90 Å². The quantitative estimate of drug-likeness (QED) is 0.320. The molecule has 0 saturated heterocycles. The van der Waals surface area contributed by atoms with E-state index in [0.717, 1.165) is 22.2 Å². The van der Waals surface area contributed by atoms with Gasteiger partial charge in [-0.2, -0.15) is 0 Å². The lowest BCUT2D eigenvalue weighted by Gasteiger charge is -2.13. The number of aromatic nitrogens is 1. The van der Waals surface area contributed by atoms with E-state index >= 15 is 0 Å². The molecule has 0 fully saturated rings. The van der Waals surface area contributed by atoms with E-state index in [2.05, 4.69) is 32.3 Å². The van der Waals surface area contributed by atoms with E-state index in [1.54, 1.807) is 12.1 Å².